The van der Waals surface area contributed by atoms with Crippen molar-refractivity contribution in [1.29, 1.82) is 0 Å². The molecule has 0 aliphatic carbocycles. The molecule has 1 aromatic rings. The number of carboxylic acid groups (broad SMARTS) is 1. The molecule has 0 saturated carbocycles. The first-order chi connectivity index (χ1) is 9.36. The Morgan fingerprint density at radius 2 is 1.95 bits per heavy atom. The van der Waals surface area contributed by atoms with Gasteiger partial charge in [-0.25, -0.2) is 0 Å². The van der Waals surface area contributed by atoms with Crippen molar-refractivity contribution in [1.82, 2.24) is 14.4 Å². The number of likely N-dealkylation sites (N-methyl/N-ethyl adjacent to an activating group) is 2. The molecule has 0 aliphatic rings. The summed E-state index contributed by atoms with van der Waals surface area (Å²) >= 11 is 0. The molecule has 0 aliphatic heterocycles. The van der Waals surface area contributed by atoms with Gasteiger partial charge in [0, 0.05) is 26.8 Å². The average Bonchev–Trinajstić information content (AvgIpc) is 2.81. The molecule has 7 nitrogen and oxygen atoms in total. The minimum Gasteiger partial charge on any atom is -0.480 e. The molecule has 1 N–H and O–H groups in total. The number of aromatic nitrogens is 1. The predicted molar refractivity (Wildman–Crippen MR) is 72.3 cm³/mol. The molecule has 0 saturated heterocycles. The highest BCUT2D eigenvalue weighted by molar-refractivity contribution is 5.95. The number of nitrogens with zero attached hydrogens (tertiary/aromatic N) is 3. The molecule has 0 aromatic carbocycles. The van der Waals surface area contributed by atoms with Gasteiger partial charge in [-0.2, -0.15) is 0 Å². The topological polar surface area (TPSA) is 82.9 Å². The molecule has 110 valence electrons. The van der Waals surface area contributed by atoms with Gasteiger partial charge in [-0.15, -0.1) is 0 Å². The number of carbonyl (C=O) groups is 3. The van der Waals surface area contributed by atoms with Crippen LogP contribution < -0.4 is 0 Å². The van der Waals surface area contributed by atoms with Crippen LogP contribution in [0.5, 0.6) is 0 Å². The van der Waals surface area contributed by atoms with Gasteiger partial charge in [-0.05, 0) is 19.1 Å². The van der Waals surface area contributed by atoms with Crippen LogP contribution >= 0.6 is 0 Å². The van der Waals surface area contributed by atoms with E-state index in [1.807, 2.05) is 0 Å². The molecule has 2 amide bonds. The van der Waals surface area contributed by atoms with Gasteiger partial charge < -0.3 is 19.5 Å². The van der Waals surface area contributed by atoms with Gasteiger partial charge in [-0.1, -0.05) is 0 Å². The molecular formula is C13H19N3O4. The smallest absolute Gasteiger partial charge is 0.323 e. The zero-order valence-electron chi connectivity index (χ0n) is 11.9. The van der Waals surface area contributed by atoms with E-state index < -0.39 is 5.97 Å². The maximum atomic E-state index is 12.3. The summed E-state index contributed by atoms with van der Waals surface area (Å²) in [4.78, 5) is 37.6. The fourth-order valence-corrected chi connectivity index (χ4v) is 1.69. The first-order valence-corrected chi connectivity index (χ1v) is 6.23. The second-order valence-electron chi connectivity index (χ2n) is 4.52. The number of hydrogen-bond acceptors (Lipinski definition) is 3. The van der Waals surface area contributed by atoms with Crippen molar-refractivity contribution < 1.29 is 19.5 Å². The number of hydrogen-bond donors (Lipinski definition) is 1. The van der Waals surface area contributed by atoms with E-state index in [9.17, 15) is 14.4 Å². The lowest BCUT2D eigenvalue weighted by atomic mass is 10.3. The van der Waals surface area contributed by atoms with E-state index in [4.69, 9.17) is 5.11 Å². The second-order valence-corrected chi connectivity index (χ2v) is 4.52. The van der Waals surface area contributed by atoms with Crippen LogP contribution in [0.3, 0.4) is 0 Å². The van der Waals surface area contributed by atoms with Crippen molar-refractivity contribution in [3.05, 3.63) is 24.0 Å². The van der Waals surface area contributed by atoms with Gasteiger partial charge in [0.05, 0.1) is 0 Å². The van der Waals surface area contributed by atoms with Crippen molar-refractivity contribution in [3.8, 4) is 0 Å². The summed E-state index contributed by atoms with van der Waals surface area (Å²) in [6.45, 7) is 1.83. The number of amides is 2. The summed E-state index contributed by atoms with van der Waals surface area (Å²) < 4.78 is 1.35. The Morgan fingerprint density at radius 3 is 2.45 bits per heavy atom. The molecule has 0 bridgehead atoms. The molecule has 20 heavy (non-hydrogen) atoms. The quantitative estimate of drug-likeness (QED) is 0.803. The third kappa shape index (κ3) is 3.84. The molecule has 0 radical (unpaired) electrons. The Bertz CT molecular complexity index is 507. The van der Waals surface area contributed by atoms with Crippen LogP contribution in [-0.4, -0.2) is 64.4 Å². The van der Waals surface area contributed by atoms with E-state index in [0.29, 0.717) is 6.54 Å². The number of rotatable bonds is 6. The fourth-order valence-electron chi connectivity index (χ4n) is 1.69. The highest BCUT2D eigenvalue weighted by atomic mass is 16.4. The van der Waals surface area contributed by atoms with Crippen LogP contribution in [0.15, 0.2) is 18.3 Å². The Hall–Kier alpha value is -2.31. The number of aliphatic carboxylic acids is 1. The zero-order chi connectivity index (χ0) is 15.3. The molecular weight excluding hydrogens is 262 g/mol. The molecule has 0 fully saturated rings. The Labute approximate surface area is 117 Å². The summed E-state index contributed by atoms with van der Waals surface area (Å²) in [5.74, 6) is -1.56. The van der Waals surface area contributed by atoms with Gasteiger partial charge in [0.15, 0.2) is 0 Å². The third-order valence-corrected chi connectivity index (χ3v) is 2.85. The van der Waals surface area contributed by atoms with Gasteiger partial charge in [-0.3, -0.25) is 14.4 Å². The van der Waals surface area contributed by atoms with Gasteiger partial charge in [0.25, 0.3) is 5.91 Å². The summed E-state index contributed by atoms with van der Waals surface area (Å²) in [6, 6.07) is 3.16. The predicted octanol–water partition coefficient (Wildman–Crippen LogP) is 0.123. The van der Waals surface area contributed by atoms with Crippen LogP contribution in [0, 0.1) is 0 Å². The third-order valence-electron chi connectivity index (χ3n) is 2.85. The normalized spacial score (nSPS) is 10.2. The first kappa shape index (κ1) is 15.7. The van der Waals surface area contributed by atoms with E-state index in [2.05, 4.69) is 0 Å². The van der Waals surface area contributed by atoms with E-state index in [1.165, 1.54) is 20.6 Å². The number of carboxylic acids is 1. The van der Waals surface area contributed by atoms with Crippen LogP contribution in [0.1, 0.15) is 17.4 Å². The second kappa shape index (κ2) is 6.74. The Kier molecular flexibility index (Phi) is 5.31. The SMILES string of the molecule is CCN(CC(=O)N(C)C)C(=O)c1cccn1CC(=O)O. The van der Waals surface area contributed by atoms with Crippen LogP contribution in [-0.2, 0) is 16.1 Å². The number of carbonyl (C=O) groups excluding carboxylic acids is 2. The van der Waals surface area contributed by atoms with Crippen molar-refractivity contribution >= 4 is 17.8 Å². The molecule has 1 rings (SSSR count). The lowest BCUT2D eigenvalue weighted by Gasteiger charge is -2.22. The lowest BCUT2D eigenvalue weighted by molar-refractivity contribution is -0.137. The van der Waals surface area contributed by atoms with Crippen LogP contribution in [0.2, 0.25) is 0 Å². The Morgan fingerprint density at radius 1 is 1.30 bits per heavy atom. The van der Waals surface area contributed by atoms with Crippen LogP contribution in [0.25, 0.3) is 0 Å². The fraction of sp³-hybridized carbons (Fsp3) is 0.462. The molecule has 7 heteroatoms. The standard InChI is InChI=1S/C13H19N3O4/c1-4-15(8-11(17)14(2)3)13(20)10-6-5-7-16(10)9-12(18)19/h5-7H,4,8-9H2,1-3H3,(H,18,19). The largest absolute Gasteiger partial charge is 0.480 e. The minimum absolute atomic E-state index is 0.0272. The lowest BCUT2D eigenvalue weighted by Crippen LogP contribution is -2.40. The summed E-state index contributed by atoms with van der Waals surface area (Å²) in [5.41, 5.74) is 0.265. The van der Waals surface area contributed by atoms with E-state index in [0.717, 1.165) is 0 Å². The minimum atomic E-state index is -1.03. The summed E-state index contributed by atoms with van der Waals surface area (Å²) in [5, 5.41) is 8.80. The van der Waals surface area contributed by atoms with Gasteiger partial charge in [0.1, 0.15) is 18.8 Å². The van der Waals surface area contributed by atoms with Gasteiger partial charge >= 0.3 is 5.97 Å². The van der Waals surface area contributed by atoms with E-state index in [-0.39, 0.29) is 30.6 Å². The maximum absolute atomic E-state index is 12.3. The monoisotopic (exact) mass is 281 g/mol. The van der Waals surface area contributed by atoms with E-state index in [1.54, 1.807) is 33.2 Å². The molecule has 1 aromatic heterocycles. The van der Waals surface area contributed by atoms with Crippen molar-refractivity contribution in [2.45, 2.75) is 13.5 Å². The average molecular weight is 281 g/mol. The molecule has 0 atom stereocenters. The Balaban J connectivity index is 2.89. The first-order valence-electron chi connectivity index (χ1n) is 6.23. The molecule has 1 heterocycles. The van der Waals surface area contributed by atoms with Crippen molar-refractivity contribution in [3.63, 3.8) is 0 Å². The summed E-state index contributed by atoms with van der Waals surface area (Å²) in [7, 11) is 3.24. The highest BCUT2D eigenvalue weighted by Crippen LogP contribution is 2.07. The molecule has 0 spiro atoms. The van der Waals surface area contributed by atoms with Crippen LogP contribution in [0.4, 0.5) is 0 Å². The van der Waals surface area contributed by atoms with E-state index >= 15 is 0 Å². The maximum Gasteiger partial charge on any atom is 0.323 e. The van der Waals surface area contributed by atoms with Crippen molar-refractivity contribution in [2.75, 3.05) is 27.2 Å². The zero-order valence-corrected chi connectivity index (χ0v) is 11.9. The van der Waals surface area contributed by atoms with Crippen molar-refractivity contribution in [2.24, 2.45) is 0 Å². The molecule has 0 unspecified atom stereocenters. The highest BCUT2D eigenvalue weighted by Gasteiger charge is 2.21. The van der Waals surface area contributed by atoms with Gasteiger partial charge in [0.2, 0.25) is 5.91 Å². The summed E-state index contributed by atoms with van der Waals surface area (Å²) in [6.07, 6.45) is 1.53.